The molecule has 0 aliphatic heterocycles. The topological polar surface area (TPSA) is 50.7 Å². The summed E-state index contributed by atoms with van der Waals surface area (Å²) in [5.74, 6) is -1.11. The maximum absolute atomic E-state index is 12.2. The molecule has 16 heavy (non-hydrogen) atoms. The van der Waals surface area contributed by atoms with Gasteiger partial charge in [0.25, 0.3) is 0 Å². The van der Waals surface area contributed by atoms with Gasteiger partial charge in [-0.15, -0.1) is 11.3 Å². The molecule has 0 fully saturated rings. The van der Waals surface area contributed by atoms with Crippen molar-refractivity contribution in [2.45, 2.75) is 12.7 Å². The van der Waals surface area contributed by atoms with Crippen LogP contribution in [-0.4, -0.2) is 14.3 Å². The molecule has 0 unspecified atom stereocenters. The fourth-order valence-electron chi connectivity index (χ4n) is 0.903. The summed E-state index contributed by atoms with van der Waals surface area (Å²) < 4.78 is 39.7. The van der Waals surface area contributed by atoms with Crippen LogP contribution >= 0.6 is 22.9 Å². The smallest absolute Gasteiger partial charge is 0.355 e. The Kier molecular flexibility index (Phi) is 3.06. The third-order valence-electron chi connectivity index (χ3n) is 1.58. The van der Waals surface area contributed by atoms with Crippen LogP contribution in [0.15, 0.2) is 11.7 Å². The fourth-order valence-corrected chi connectivity index (χ4v) is 2.02. The number of nitrogens with zero attached hydrogens (tertiary/aromatic N) is 3. The number of alkyl halides is 3. The number of nitrogens with one attached hydrogen (secondary N) is 1. The molecule has 0 spiro atoms. The van der Waals surface area contributed by atoms with Crippen LogP contribution in [0.5, 0.6) is 0 Å². The second kappa shape index (κ2) is 4.34. The van der Waals surface area contributed by atoms with E-state index in [1.807, 2.05) is 0 Å². The fraction of sp³-hybridized carbons (Fsp3) is 0.286. The van der Waals surface area contributed by atoms with Gasteiger partial charge in [-0.25, -0.2) is 0 Å². The third kappa shape index (κ3) is 2.67. The summed E-state index contributed by atoms with van der Waals surface area (Å²) >= 11 is 2.11. The van der Waals surface area contributed by atoms with Crippen molar-refractivity contribution in [3.05, 3.63) is 22.4 Å². The summed E-state index contributed by atoms with van der Waals surface area (Å²) in [6, 6.07) is 0. The molecular formula is C7H5F3N4S2. The Hall–Kier alpha value is -1.22. The second-order valence-corrected chi connectivity index (χ2v) is 4.46. The van der Waals surface area contributed by atoms with Gasteiger partial charge in [0, 0.05) is 22.6 Å². The molecule has 0 radical (unpaired) electrons. The molecule has 0 saturated carbocycles. The van der Waals surface area contributed by atoms with Gasteiger partial charge < -0.3 is 5.32 Å². The van der Waals surface area contributed by atoms with E-state index in [0.29, 0.717) is 18.1 Å². The van der Waals surface area contributed by atoms with E-state index < -0.39 is 12.0 Å². The Labute approximate surface area is 96.3 Å². The summed E-state index contributed by atoms with van der Waals surface area (Å²) in [6.07, 6.45) is -2.84. The van der Waals surface area contributed by atoms with Gasteiger partial charge in [-0.3, -0.25) is 4.98 Å². The van der Waals surface area contributed by atoms with E-state index in [2.05, 4.69) is 19.7 Å². The maximum Gasteiger partial charge on any atom is 0.452 e. The third-order valence-corrected chi connectivity index (χ3v) is 3.03. The zero-order valence-corrected chi connectivity index (χ0v) is 9.29. The van der Waals surface area contributed by atoms with Gasteiger partial charge in [-0.2, -0.15) is 22.5 Å². The van der Waals surface area contributed by atoms with Crippen LogP contribution in [0.2, 0.25) is 0 Å². The first kappa shape index (κ1) is 11.3. The molecule has 0 aliphatic carbocycles. The lowest BCUT2D eigenvalue weighted by Gasteiger charge is -1.99. The number of rotatable bonds is 3. The van der Waals surface area contributed by atoms with Crippen LogP contribution in [0.3, 0.4) is 0 Å². The van der Waals surface area contributed by atoms with Crippen LogP contribution in [0.4, 0.5) is 18.3 Å². The highest BCUT2D eigenvalue weighted by Crippen LogP contribution is 2.29. The van der Waals surface area contributed by atoms with Crippen LogP contribution in [0.25, 0.3) is 0 Å². The van der Waals surface area contributed by atoms with Crippen LogP contribution in [-0.2, 0) is 12.7 Å². The molecule has 2 aromatic rings. The summed E-state index contributed by atoms with van der Waals surface area (Å²) in [5, 5.41) is 2.91. The number of hydrogen-bond donors (Lipinski definition) is 1. The molecule has 2 aromatic heterocycles. The molecule has 1 N–H and O–H groups in total. The Morgan fingerprint density at radius 3 is 2.75 bits per heavy atom. The summed E-state index contributed by atoms with van der Waals surface area (Å²) in [6.45, 7) is 0.400. The molecule has 9 heteroatoms. The van der Waals surface area contributed by atoms with Gasteiger partial charge >= 0.3 is 6.18 Å². The summed E-state index contributed by atoms with van der Waals surface area (Å²) in [7, 11) is 0. The highest BCUT2D eigenvalue weighted by molar-refractivity contribution is 7.10. The van der Waals surface area contributed by atoms with Gasteiger partial charge in [-0.05, 0) is 0 Å². The van der Waals surface area contributed by atoms with Crippen molar-refractivity contribution < 1.29 is 13.2 Å². The van der Waals surface area contributed by atoms with Crippen LogP contribution in [0, 0.1) is 0 Å². The van der Waals surface area contributed by atoms with Crippen molar-refractivity contribution in [3.8, 4) is 0 Å². The Morgan fingerprint density at radius 2 is 2.19 bits per heavy atom. The zero-order chi connectivity index (χ0) is 11.6. The summed E-state index contributed by atoms with van der Waals surface area (Å²) in [5.41, 5.74) is 1.65. The van der Waals surface area contributed by atoms with Gasteiger partial charge in [0.15, 0.2) is 0 Å². The second-order valence-electron chi connectivity index (χ2n) is 2.74. The number of thiazole rings is 1. The maximum atomic E-state index is 12.2. The minimum atomic E-state index is -4.49. The SMILES string of the molecule is FC(F)(F)c1nsc(NCc2cncs2)n1. The average molecular weight is 266 g/mol. The number of aromatic nitrogens is 3. The summed E-state index contributed by atoms with van der Waals surface area (Å²) in [4.78, 5) is 8.10. The van der Waals surface area contributed by atoms with E-state index in [0.717, 1.165) is 4.88 Å². The number of hydrogen-bond acceptors (Lipinski definition) is 6. The van der Waals surface area contributed by atoms with Crippen molar-refractivity contribution in [1.29, 1.82) is 0 Å². The van der Waals surface area contributed by atoms with Gasteiger partial charge in [0.05, 0.1) is 12.1 Å². The van der Waals surface area contributed by atoms with Crippen molar-refractivity contribution in [2.24, 2.45) is 0 Å². The predicted octanol–water partition coefficient (Wildman–Crippen LogP) is 2.63. The molecule has 0 aliphatic rings. The minimum Gasteiger partial charge on any atom is -0.355 e. The molecule has 0 saturated heterocycles. The molecular weight excluding hydrogens is 261 g/mol. The first-order chi connectivity index (χ1) is 7.55. The zero-order valence-electron chi connectivity index (χ0n) is 7.65. The first-order valence-electron chi connectivity index (χ1n) is 4.08. The number of halogens is 3. The van der Waals surface area contributed by atoms with Crippen LogP contribution in [0.1, 0.15) is 10.7 Å². The molecule has 2 rings (SSSR count). The average Bonchev–Trinajstić information content (AvgIpc) is 2.85. The highest BCUT2D eigenvalue weighted by Gasteiger charge is 2.36. The van der Waals surface area contributed by atoms with E-state index in [1.54, 1.807) is 11.7 Å². The normalized spacial score (nSPS) is 11.7. The van der Waals surface area contributed by atoms with Gasteiger partial charge in [0.2, 0.25) is 11.0 Å². The van der Waals surface area contributed by atoms with Gasteiger partial charge in [0.1, 0.15) is 0 Å². The lowest BCUT2D eigenvalue weighted by molar-refractivity contribution is -0.144. The lowest BCUT2D eigenvalue weighted by Crippen LogP contribution is -2.07. The molecule has 0 atom stereocenters. The molecule has 0 bridgehead atoms. The molecule has 0 aromatic carbocycles. The molecule has 2 heterocycles. The van der Waals surface area contributed by atoms with Crippen molar-refractivity contribution in [3.63, 3.8) is 0 Å². The van der Waals surface area contributed by atoms with E-state index in [9.17, 15) is 13.2 Å². The van der Waals surface area contributed by atoms with Gasteiger partial charge in [-0.1, -0.05) is 0 Å². The quantitative estimate of drug-likeness (QED) is 0.927. The highest BCUT2D eigenvalue weighted by atomic mass is 32.1. The van der Waals surface area contributed by atoms with E-state index >= 15 is 0 Å². The molecule has 0 amide bonds. The van der Waals surface area contributed by atoms with Crippen molar-refractivity contribution in [1.82, 2.24) is 14.3 Å². The Balaban J connectivity index is 1.98. The monoisotopic (exact) mass is 266 g/mol. The Bertz CT molecular complexity index is 450. The van der Waals surface area contributed by atoms with E-state index in [-0.39, 0.29) is 5.13 Å². The van der Waals surface area contributed by atoms with E-state index in [4.69, 9.17) is 0 Å². The minimum absolute atomic E-state index is 0.153. The number of anilines is 1. The van der Waals surface area contributed by atoms with E-state index in [1.165, 1.54) is 11.3 Å². The standard InChI is InChI=1S/C7H5F3N4S2/c8-7(9,10)5-13-6(16-14-5)12-2-4-1-11-3-15-4/h1,3H,2H2,(H,12,13,14). The van der Waals surface area contributed by atoms with Crippen LogP contribution < -0.4 is 5.32 Å². The molecule has 86 valence electrons. The predicted molar refractivity (Wildman–Crippen MR) is 54.4 cm³/mol. The Morgan fingerprint density at radius 1 is 1.38 bits per heavy atom. The lowest BCUT2D eigenvalue weighted by atomic mass is 10.5. The van der Waals surface area contributed by atoms with Crippen molar-refractivity contribution in [2.75, 3.05) is 5.32 Å². The first-order valence-corrected chi connectivity index (χ1v) is 5.73. The van der Waals surface area contributed by atoms with Crippen molar-refractivity contribution >= 4 is 28.0 Å². The molecule has 4 nitrogen and oxygen atoms in total. The largest absolute Gasteiger partial charge is 0.452 e.